The van der Waals surface area contributed by atoms with Crippen molar-refractivity contribution in [2.24, 2.45) is 0 Å². The molecule has 1 fully saturated rings. The SMILES string of the molecule is Cc1cccc(NC2CCNC(C)C2)c1[N+](=O)[O-]. The predicted octanol–water partition coefficient (Wildman–Crippen LogP) is 2.46. The molecule has 1 aromatic carbocycles. The zero-order valence-corrected chi connectivity index (χ0v) is 10.8. The summed E-state index contributed by atoms with van der Waals surface area (Å²) < 4.78 is 0. The van der Waals surface area contributed by atoms with Gasteiger partial charge in [0.15, 0.2) is 0 Å². The second kappa shape index (κ2) is 5.35. The van der Waals surface area contributed by atoms with Gasteiger partial charge in [-0.25, -0.2) is 0 Å². The monoisotopic (exact) mass is 249 g/mol. The number of nitro groups is 1. The van der Waals surface area contributed by atoms with Crippen LogP contribution in [-0.2, 0) is 0 Å². The first-order valence-electron chi connectivity index (χ1n) is 6.32. The number of anilines is 1. The van der Waals surface area contributed by atoms with Gasteiger partial charge in [-0.15, -0.1) is 0 Å². The molecule has 5 nitrogen and oxygen atoms in total. The van der Waals surface area contributed by atoms with E-state index < -0.39 is 0 Å². The van der Waals surface area contributed by atoms with E-state index in [4.69, 9.17) is 0 Å². The van der Waals surface area contributed by atoms with Gasteiger partial charge in [-0.2, -0.15) is 0 Å². The van der Waals surface area contributed by atoms with Crippen molar-refractivity contribution in [2.75, 3.05) is 11.9 Å². The van der Waals surface area contributed by atoms with Gasteiger partial charge in [-0.1, -0.05) is 12.1 Å². The molecule has 0 spiro atoms. The summed E-state index contributed by atoms with van der Waals surface area (Å²) in [5.74, 6) is 0. The second-order valence-corrected chi connectivity index (χ2v) is 4.95. The van der Waals surface area contributed by atoms with Gasteiger partial charge < -0.3 is 10.6 Å². The Morgan fingerprint density at radius 1 is 1.50 bits per heavy atom. The van der Waals surface area contributed by atoms with E-state index in [9.17, 15) is 10.1 Å². The second-order valence-electron chi connectivity index (χ2n) is 4.95. The number of nitrogens with one attached hydrogen (secondary N) is 2. The average molecular weight is 249 g/mol. The van der Waals surface area contributed by atoms with Gasteiger partial charge in [0.1, 0.15) is 5.69 Å². The Balaban J connectivity index is 2.18. The van der Waals surface area contributed by atoms with Crippen molar-refractivity contribution in [3.63, 3.8) is 0 Å². The highest BCUT2D eigenvalue weighted by Gasteiger charge is 2.22. The minimum atomic E-state index is -0.303. The van der Waals surface area contributed by atoms with Crippen LogP contribution in [0.2, 0.25) is 0 Å². The molecule has 5 heteroatoms. The fraction of sp³-hybridized carbons (Fsp3) is 0.538. The molecule has 98 valence electrons. The van der Waals surface area contributed by atoms with E-state index in [0.29, 0.717) is 23.3 Å². The molecule has 0 aliphatic carbocycles. The fourth-order valence-electron chi connectivity index (χ4n) is 2.50. The number of aryl methyl sites for hydroxylation is 1. The molecule has 2 atom stereocenters. The first-order valence-corrected chi connectivity index (χ1v) is 6.32. The number of nitrogens with zero attached hydrogens (tertiary/aromatic N) is 1. The third-order valence-corrected chi connectivity index (χ3v) is 3.40. The normalized spacial score (nSPS) is 23.7. The summed E-state index contributed by atoms with van der Waals surface area (Å²) in [5, 5.41) is 17.8. The third-order valence-electron chi connectivity index (χ3n) is 3.40. The highest BCUT2D eigenvalue weighted by Crippen LogP contribution is 2.29. The molecule has 0 bridgehead atoms. The molecule has 1 heterocycles. The van der Waals surface area contributed by atoms with E-state index in [0.717, 1.165) is 19.4 Å². The third kappa shape index (κ3) is 2.79. The Morgan fingerprint density at radius 3 is 2.94 bits per heavy atom. The van der Waals surface area contributed by atoms with Crippen molar-refractivity contribution in [3.05, 3.63) is 33.9 Å². The van der Waals surface area contributed by atoms with E-state index in [-0.39, 0.29) is 10.6 Å². The fourth-order valence-corrected chi connectivity index (χ4v) is 2.50. The van der Waals surface area contributed by atoms with Crippen LogP contribution < -0.4 is 10.6 Å². The summed E-state index contributed by atoms with van der Waals surface area (Å²) in [6, 6.07) is 6.18. The van der Waals surface area contributed by atoms with E-state index in [1.165, 1.54) is 0 Å². The van der Waals surface area contributed by atoms with Gasteiger partial charge >= 0.3 is 0 Å². The Bertz CT molecular complexity index is 448. The molecule has 18 heavy (non-hydrogen) atoms. The lowest BCUT2D eigenvalue weighted by Gasteiger charge is -2.29. The van der Waals surface area contributed by atoms with Crippen molar-refractivity contribution in [3.8, 4) is 0 Å². The number of hydrogen-bond donors (Lipinski definition) is 2. The first-order chi connectivity index (χ1) is 8.58. The highest BCUT2D eigenvalue weighted by molar-refractivity contribution is 5.65. The molecular weight excluding hydrogens is 230 g/mol. The number of hydrogen-bond acceptors (Lipinski definition) is 4. The number of piperidine rings is 1. The number of benzene rings is 1. The topological polar surface area (TPSA) is 67.2 Å². The van der Waals surface area contributed by atoms with Crippen LogP contribution in [0.25, 0.3) is 0 Å². The van der Waals surface area contributed by atoms with Crippen LogP contribution in [0.3, 0.4) is 0 Å². The number of para-hydroxylation sites is 1. The van der Waals surface area contributed by atoms with Crippen molar-refractivity contribution in [1.82, 2.24) is 5.32 Å². The van der Waals surface area contributed by atoms with E-state index >= 15 is 0 Å². The average Bonchev–Trinajstić information content (AvgIpc) is 2.28. The van der Waals surface area contributed by atoms with E-state index in [1.54, 1.807) is 19.1 Å². The zero-order valence-electron chi connectivity index (χ0n) is 10.8. The van der Waals surface area contributed by atoms with E-state index in [2.05, 4.69) is 17.6 Å². The van der Waals surface area contributed by atoms with Crippen molar-refractivity contribution in [2.45, 2.75) is 38.8 Å². The zero-order chi connectivity index (χ0) is 13.1. The largest absolute Gasteiger partial charge is 0.377 e. The molecule has 0 aromatic heterocycles. The minimum absolute atomic E-state index is 0.198. The van der Waals surface area contributed by atoms with Crippen LogP contribution in [0.4, 0.5) is 11.4 Å². The maximum Gasteiger partial charge on any atom is 0.295 e. The Morgan fingerprint density at radius 2 is 2.28 bits per heavy atom. The number of rotatable bonds is 3. The Hall–Kier alpha value is -1.62. The summed E-state index contributed by atoms with van der Waals surface area (Å²) in [6.45, 7) is 4.87. The lowest BCUT2D eigenvalue weighted by atomic mass is 10.00. The molecule has 1 saturated heterocycles. The van der Waals surface area contributed by atoms with Crippen LogP contribution in [0.1, 0.15) is 25.3 Å². The van der Waals surface area contributed by atoms with Crippen molar-refractivity contribution < 1.29 is 4.92 Å². The van der Waals surface area contributed by atoms with Crippen LogP contribution >= 0.6 is 0 Å². The Kier molecular flexibility index (Phi) is 3.81. The standard InChI is InChI=1S/C13H19N3O2/c1-9-4-3-5-12(13(9)16(17)18)15-11-6-7-14-10(2)8-11/h3-5,10-11,14-15H,6-8H2,1-2H3. The van der Waals surface area contributed by atoms with E-state index in [1.807, 2.05) is 6.07 Å². The minimum Gasteiger partial charge on any atom is -0.377 e. The quantitative estimate of drug-likeness (QED) is 0.638. The summed E-state index contributed by atoms with van der Waals surface area (Å²) >= 11 is 0. The maximum absolute atomic E-state index is 11.1. The van der Waals surface area contributed by atoms with Gasteiger partial charge in [-0.3, -0.25) is 10.1 Å². The van der Waals surface area contributed by atoms with Gasteiger partial charge in [0, 0.05) is 17.6 Å². The lowest BCUT2D eigenvalue weighted by molar-refractivity contribution is -0.384. The molecule has 2 unspecified atom stereocenters. The summed E-state index contributed by atoms with van der Waals surface area (Å²) in [6.07, 6.45) is 1.99. The summed E-state index contributed by atoms with van der Waals surface area (Å²) in [5.41, 5.74) is 1.54. The summed E-state index contributed by atoms with van der Waals surface area (Å²) in [4.78, 5) is 10.8. The van der Waals surface area contributed by atoms with Gasteiger partial charge in [0.2, 0.25) is 0 Å². The molecular formula is C13H19N3O2. The first kappa shape index (κ1) is 12.8. The molecule has 0 saturated carbocycles. The molecule has 2 N–H and O–H groups in total. The molecule has 1 aromatic rings. The van der Waals surface area contributed by atoms with Crippen LogP contribution in [0, 0.1) is 17.0 Å². The Labute approximate surface area is 107 Å². The molecule has 1 aliphatic rings. The number of nitro benzene ring substituents is 1. The molecule has 0 radical (unpaired) electrons. The van der Waals surface area contributed by atoms with Crippen molar-refractivity contribution in [1.29, 1.82) is 0 Å². The van der Waals surface area contributed by atoms with Crippen LogP contribution in [0.15, 0.2) is 18.2 Å². The van der Waals surface area contributed by atoms with Gasteiger partial charge in [-0.05, 0) is 39.3 Å². The molecule has 0 amide bonds. The van der Waals surface area contributed by atoms with Gasteiger partial charge in [0.05, 0.1) is 4.92 Å². The lowest BCUT2D eigenvalue weighted by Crippen LogP contribution is -2.41. The smallest absolute Gasteiger partial charge is 0.295 e. The highest BCUT2D eigenvalue weighted by atomic mass is 16.6. The summed E-state index contributed by atoms with van der Waals surface area (Å²) in [7, 11) is 0. The molecule has 1 aliphatic heterocycles. The maximum atomic E-state index is 11.1. The predicted molar refractivity (Wildman–Crippen MR) is 71.9 cm³/mol. The van der Waals surface area contributed by atoms with Crippen LogP contribution in [-0.4, -0.2) is 23.6 Å². The van der Waals surface area contributed by atoms with Gasteiger partial charge in [0.25, 0.3) is 5.69 Å². The molecule has 2 rings (SSSR count). The van der Waals surface area contributed by atoms with Crippen molar-refractivity contribution >= 4 is 11.4 Å². The van der Waals surface area contributed by atoms with Crippen LogP contribution in [0.5, 0.6) is 0 Å².